The van der Waals surface area contributed by atoms with E-state index in [1.54, 1.807) is 6.07 Å². The number of esters is 1. The van der Waals surface area contributed by atoms with Gasteiger partial charge in [0.1, 0.15) is 5.82 Å². The van der Waals surface area contributed by atoms with E-state index >= 15 is 0 Å². The number of carbonyl (C=O) groups excluding carboxylic acids is 1. The minimum absolute atomic E-state index is 0.370. The third kappa shape index (κ3) is 5.00. The van der Waals surface area contributed by atoms with Crippen LogP contribution in [0.1, 0.15) is 11.1 Å². The van der Waals surface area contributed by atoms with Gasteiger partial charge in [0.15, 0.2) is 0 Å². The number of ether oxygens (including phenoxy) is 1. The molecule has 0 unspecified atom stereocenters. The second-order valence-electron chi connectivity index (χ2n) is 4.61. The van der Waals surface area contributed by atoms with Gasteiger partial charge < -0.3 is 10.1 Å². The fourth-order valence-electron chi connectivity index (χ4n) is 1.85. The molecule has 2 rings (SSSR count). The SMILES string of the molecule is COC(=O)C=Cc1cc(F)cc(NCc2ccc(Br)cc2)c1. The van der Waals surface area contributed by atoms with Crippen LogP contribution in [0.25, 0.3) is 6.08 Å². The second kappa shape index (κ2) is 7.75. The Kier molecular flexibility index (Phi) is 5.72. The molecule has 0 atom stereocenters. The maximum atomic E-state index is 13.6. The van der Waals surface area contributed by atoms with Crippen molar-refractivity contribution in [2.45, 2.75) is 6.54 Å². The quantitative estimate of drug-likeness (QED) is 0.632. The Morgan fingerprint density at radius 2 is 2.00 bits per heavy atom. The van der Waals surface area contributed by atoms with Gasteiger partial charge in [-0.25, -0.2) is 9.18 Å². The highest BCUT2D eigenvalue weighted by molar-refractivity contribution is 9.10. The summed E-state index contributed by atoms with van der Waals surface area (Å²) in [5, 5.41) is 3.16. The molecule has 114 valence electrons. The molecule has 3 nitrogen and oxygen atoms in total. The van der Waals surface area contributed by atoms with Gasteiger partial charge in [0.05, 0.1) is 7.11 Å². The number of hydrogen-bond acceptors (Lipinski definition) is 3. The van der Waals surface area contributed by atoms with E-state index in [1.807, 2.05) is 24.3 Å². The van der Waals surface area contributed by atoms with Gasteiger partial charge >= 0.3 is 5.97 Å². The first-order valence-corrected chi connectivity index (χ1v) is 7.41. The molecule has 22 heavy (non-hydrogen) atoms. The molecule has 0 bridgehead atoms. The Bertz CT molecular complexity index is 684. The molecule has 0 aliphatic carbocycles. The van der Waals surface area contributed by atoms with Crippen molar-refractivity contribution >= 4 is 33.7 Å². The van der Waals surface area contributed by atoms with E-state index in [-0.39, 0.29) is 5.82 Å². The van der Waals surface area contributed by atoms with E-state index in [2.05, 4.69) is 26.0 Å². The number of hydrogen-bond donors (Lipinski definition) is 1. The van der Waals surface area contributed by atoms with Crippen molar-refractivity contribution in [2.75, 3.05) is 12.4 Å². The van der Waals surface area contributed by atoms with Crippen LogP contribution in [0.2, 0.25) is 0 Å². The molecule has 0 heterocycles. The fourth-order valence-corrected chi connectivity index (χ4v) is 2.11. The van der Waals surface area contributed by atoms with E-state index in [4.69, 9.17) is 0 Å². The smallest absolute Gasteiger partial charge is 0.330 e. The Hall–Kier alpha value is -2.14. The molecule has 0 spiro atoms. The molecular formula is C17H15BrFNO2. The number of benzene rings is 2. The summed E-state index contributed by atoms with van der Waals surface area (Å²) in [4.78, 5) is 11.1. The normalized spacial score (nSPS) is 10.7. The van der Waals surface area contributed by atoms with Gasteiger partial charge in [-0.2, -0.15) is 0 Å². The summed E-state index contributed by atoms with van der Waals surface area (Å²) in [5.74, 6) is -0.848. The molecule has 2 aromatic rings. The van der Waals surface area contributed by atoms with Crippen LogP contribution in [0.15, 0.2) is 53.0 Å². The van der Waals surface area contributed by atoms with Gasteiger partial charge in [-0.1, -0.05) is 28.1 Å². The van der Waals surface area contributed by atoms with Crippen molar-refractivity contribution in [2.24, 2.45) is 0 Å². The Morgan fingerprint density at radius 1 is 1.27 bits per heavy atom. The molecule has 0 fully saturated rings. The third-order valence-electron chi connectivity index (χ3n) is 2.94. The molecule has 0 radical (unpaired) electrons. The lowest BCUT2D eigenvalue weighted by atomic mass is 10.1. The summed E-state index contributed by atoms with van der Waals surface area (Å²) >= 11 is 3.38. The van der Waals surface area contributed by atoms with E-state index in [9.17, 15) is 9.18 Å². The number of nitrogens with one attached hydrogen (secondary N) is 1. The molecule has 1 N–H and O–H groups in total. The zero-order chi connectivity index (χ0) is 15.9. The number of rotatable bonds is 5. The average Bonchev–Trinajstić information content (AvgIpc) is 2.51. The first kappa shape index (κ1) is 16.2. The first-order valence-electron chi connectivity index (χ1n) is 6.62. The molecule has 0 aliphatic heterocycles. The fraction of sp³-hybridized carbons (Fsp3) is 0.118. The van der Waals surface area contributed by atoms with Crippen LogP contribution in [0.5, 0.6) is 0 Å². The molecule has 5 heteroatoms. The minimum atomic E-state index is -0.478. The summed E-state index contributed by atoms with van der Waals surface area (Å²) in [6.07, 6.45) is 2.77. The summed E-state index contributed by atoms with van der Waals surface area (Å²) in [5.41, 5.74) is 2.32. The van der Waals surface area contributed by atoms with Gasteiger partial charge in [0.25, 0.3) is 0 Å². The van der Waals surface area contributed by atoms with Gasteiger partial charge in [-0.05, 0) is 47.5 Å². The monoisotopic (exact) mass is 363 g/mol. The van der Waals surface area contributed by atoms with Crippen LogP contribution in [-0.4, -0.2) is 13.1 Å². The topological polar surface area (TPSA) is 38.3 Å². The lowest BCUT2D eigenvalue weighted by Crippen LogP contribution is -2.00. The second-order valence-corrected chi connectivity index (χ2v) is 5.53. The maximum Gasteiger partial charge on any atom is 0.330 e. The van der Waals surface area contributed by atoms with Crippen LogP contribution < -0.4 is 5.32 Å². The predicted octanol–water partition coefficient (Wildman–Crippen LogP) is 4.39. The zero-order valence-corrected chi connectivity index (χ0v) is 13.6. The van der Waals surface area contributed by atoms with Gasteiger partial charge in [-0.15, -0.1) is 0 Å². The lowest BCUT2D eigenvalue weighted by molar-refractivity contribution is -0.134. The summed E-state index contributed by atoms with van der Waals surface area (Å²) in [6.45, 7) is 0.580. The number of halogens is 2. The van der Waals surface area contributed by atoms with Crippen molar-refractivity contribution < 1.29 is 13.9 Å². The summed E-state index contributed by atoms with van der Waals surface area (Å²) in [7, 11) is 1.30. The van der Waals surface area contributed by atoms with Crippen LogP contribution in [0, 0.1) is 5.82 Å². The van der Waals surface area contributed by atoms with E-state index < -0.39 is 5.97 Å². The largest absolute Gasteiger partial charge is 0.466 e. The van der Waals surface area contributed by atoms with Gasteiger partial charge in [0.2, 0.25) is 0 Å². The zero-order valence-electron chi connectivity index (χ0n) is 12.0. The molecule has 0 aromatic heterocycles. The molecule has 2 aromatic carbocycles. The van der Waals surface area contributed by atoms with Crippen molar-refractivity contribution in [1.82, 2.24) is 0 Å². The van der Waals surface area contributed by atoms with Crippen molar-refractivity contribution in [1.29, 1.82) is 0 Å². The third-order valence-corrected chi connectivity index (χ3v) is 3.47. The molecule has 0 saturated carbocycles. The highest BCUT2D eigenvalue weighted by Gasteiger charge is 2.01. The van der Waals surface area contributed by atoms with Crippen LogP contribution in [-0.2, 0) is 16.1 Å². The summed E-state index contributed by atoms with van der Waals surface area (Å²) < 4.78 is 19.1. The number of methoxy groups -OCH3 is 1. The summed E-state index contributed by atoms with van der Waals surface area (Å²) in [6, 6.07) is 12.4. The Labute approximate surface area is 136 Å². The Balaban J connectivity index is 2.07. The molecule has 0 saturated heterocycles. The average molecular weight is 364 g/mol. The number of carbonyl (C=O) groups is 1. The van der Waals surface area contributed by atoms with E-state index in [0.717, 1.165) is 10.0 Å². The van der Waals surface area contributed by atoms with Gasteiger partial charge in [-0.3, -0.25) is 0 Å². The van der Waals surface area contributed by atoms with Crippen molar-refractivity contribution in [3.8, 4) is 0 Å². The molecule has 0 amide bonds. The van der Waals surface area contributed by atoms with E-state index in [1.165, 1.54) is 31.4 Å². The van der Waals surface area contributed by atoms with Crippen LogP contribution in [0.4, 0.5) is 10.1 Å². The highest BCUT2D eigenvalue weighted by Crippen LogP contribution is 2.17. The minimum Gasteiger partial charge on any atom is -0.466 e. The highest BCUT2D eigenvalue weighted by atomic mass is 79.9. The maximum absolute atomic E-state index is 13.6. The standard InChI is InChI=1S/C17H15BrFNO2/c1-22-17(21)7-4-13-8-15(19)10-16(9-13)20-11-12-2-5-14(18)6-3-12/h2-10,20H,11H2,1H3. The molecular weight excluding hydrogens is 349 g/mol. The Morgan fingerprint density at radius 3 is 2.68 bits per heavy atom. The van der Waals surface area contributed by atoms with Crippen molar-refractivity contribution in [3.63, 3.8) is 0 Å². The van der Waals surface area contributed by atoms with Crippen LogP contribution in [0.3, 0.4) is 0 Å². The lowest BCUT2D eigenvalue weighted by Gasteiger charge is -2.08. The predicted molar refractivity (Wildman–Crippen MR) is 88.9 cm³/mol. The first-order chi connectivity index (χ1) is 10.6. The molecule has 0 aliphatic rings. The van der Waals surface area contributed by atoms with Crippen LogP contribution >= 0.6 is 15.9 Å². The number of anilines is 1. The van der Waals surface area contributed by atoms with Gasteiger partial charge in [0, 0.05) is 22.8 Å². The van der Waals surface area contributed by atoms with E-state index in [0.29, 0.717) is 17.8 Å². The van der Waals surface area contributed by atoms with Crippen molar-refractivity contribution in [3.05, 3.63) is 70.0 Å².